The average Bonchev–Trinajstić information content (AvgIpc) is 2.28. The SMILES string of the molecule is C[C@H](NC(=O)c1ccc(N(C)C)cc1F)C(=O)O. The van der Waals surface area contributed by atoms with Gasteiger partial charge >= 0.3 is 5.97 Å². The van der Waals surface area contributed by atoms with Gasteiger partial charge < -0.3 is 15.3 Å². The van der Waals surface area contributed by atoms with Crippen LogP contribution in [0, 0.1) is 5.82 Å². The Balaban J connectivity index is 2.90. The van der Waals surface area contributed by atoms with Gasteiger partial charge in [0.1, 0.15) is 11.9 Å². The molecule has 0 radical (unpaired) electrons. The second-order valence-electron chi connectivity index (χ2n) is 4.09. The summed E-state index contributed by atoms with van der Waals surface area (Å²) in [5, 5.41) is 10.8. The van der Waals surface area contributed by atoms with Crippen LogP contribution in [0.4, 0.5) is 10.1 Å². The van der Waals surface area contributed by atoms with Crippen molar-refractivity contribution in [1.82, 2.24) is 5.32 Å². The predicted molar refractivity (Wildman–Crippen MR) is 65.3 cm³/mol. The standard InChI is InChI=1S/C12H15FN2O3/c1-7(12(17)18)14-11(16)9-5-4-8(15(2)3)6-10(9)13/h4-7H,1-3H3,(H,14,16)(H,17,18)/t7-/m0/s1. The van der Waals surface area contributed by atoms with E-state index in [0.29, 0.717) is 5.69 Å². The second-order valence-corrected chi connectivity index (χ2v) is 4.09. The van der Waals surface area contributed by atoms with Crippen molar-refractivity contribution in [3.8, 4) is 0 Å². The molecular formula is C12H15FN2O3. The molecule has 1 rings (SSSR count). The number of carboxylic acids is 1. The van der Waals surface area contributed by atoms with E-state index in [2.05, 4.69) is 5.32 Å². The van der Waals surface area contributed by atoms with Crippen molar-refractivity contribution in [1.29, 1.82) is 0 Å². The molecule has 0 aliphatic rings. The summed E-state index contributed by atoms with van der Waals surface area (Å²) in [6.45, 7) is 1.31. The van der Waals surface area contributed by atoms with Crippen LogP contribution in [0.2, 0.25) is 0 Å². The molecule has 0 spiro atoms. The van der Waals surface area contributed by atoms with Gasteiger partial charge in [-0.1, -0.05) is 0 Å². The number of hydrogen-bond donors (Lipinski definition) is 2. The minimum Gasteiger partial charge on any atom is -0.480 e. The van der Waals surface area contributed by atoms with Gasteiger partial charge in [-0.25, -0.2) is 4.39 Å². The van der Waals surface area contributed by atoms with Crippen LogP contribution in [0.15, 0.2) is 18.2 Å². The molecule has 1 aromatic carbocycles. The molecule has 0 aliphatic heterocycles. The highest BCUT2D eigenvalue weighted by Crippen LogP contribution is 2.16. The number of nitrogens with one attached hydrogen (secondary N) is 1. The van der Waals surface area contributed by atoms with Crippen molar-refractivity contribution >= 4 is 17.6 Å². The summed E-state index contributed by atoms with van der Waals surface area (Å²) in [5.74, 6) is -2.60. The molecule has 0 heterocycles. The summed E-state index contributed by atoms with van der Waals surface area (Å²) in [7, 11) is 3.50. The lowest BCUT2D eigenvalue weighted by molar-refractivity contribution is -0.138. The fourth-order valence-electron chi connectivity index (χ4n) is 1.30. The molecule has 2 N–H and O–H groups in total. The van der Waals surface area contributed by atoms with Crippen molar-refractivity contribution < 1.29 is 19.1 Å². The number of carboxylic acid groups (broad SMARTS) is 1. The number of amides is 1. The molecule has 98 valence electrons. The maximum absolute atomic E-state index is 13.7. The van der Waals surface area contributed by atoms with E-state index < -0.39 is 23.7 Å². The zero-order valence-corrected chi connectivity index (χ0v) is 10.4. The highest BCUT2D eigenvalue weighted by atomic mass is 19.1. The number of rotatable bonds is 4. The number of carbonyl (C=O) groups is 2. The topological polar surface area (TPSA) is 69.6 Å². The predicted octanol–water partition coefficient (Wildman–Crippen LogP) is 1.09. The Kier molecular flexibility index (Phi) is 4.25. The van der Waals surface area contributed by atoms with Gasteiger partial charge in [0.15, 0.2) is 0 Å². The summed E-state index contributed by atoms with van der Waals surface area (Å²) in [4.78, 5) is 23.9. The lowest BCUT2D eigenvalue weighted by Gasteiger charge is -2.14. The first-order valence-corrected chi connectivity index (χ1v) is 5.33. The smallest absolute Gasteiger partial charge is 0.325 e. The minimum absolute atomic E-state index is 0.173. The van der Waals surface area contributed by atoms with Crippen LogP contribution in [0.1, 0.15) is 17.3 Å². The van der Waals surface area contributed by atoms with Gasteiger partial charge in [0.05, 0.1) is 5.56 Å². The largest absolute Gasteiger partial charge is 0.480 e. The Morgan fingerprint density at radius 2 is 2.00 bits per heavy atom. The van der Waals surface area contributed by atoms with E-state index in [-0.39, 0.29) is 5.56 Å². The van der Waals surface area contributed by atoms with E-state index in [4.69, 9.17) is 5.11 Å². The third-order valence-corrected chi connectivity index (χ3v) is 2.43. The molecule has 0 unspecified atom stereocenters. The molecule has 6 heteroatoms. The van der Waals surface area contributed by atoms with Crippen molar-refractivity contribution in [2.45, 2.75) is 13.0 Å². The Morgan fingerprint density at radius 3 is 2.44 bits per heavy atom. The lowest BCUT2D eigenvalue weighted by Crippen LogP contribution is -2.38. The highest BCUT2D eigenvalue weighted by Gasteiger charge is 2.18. The van der Waals surface area contributed by atoms with Crippen LogP contribution in [0.3, 0.4) is 0 Å². The molecule has 5 nitrogen and oxygen atoms in total. The number of hydrogen-bond acceptors (Lipinski definition) is 3. The summed E-state index contributed by atoms with van der Waals surface area (Å²) in [6.07, 6.45) is 0. The Labute approximate surface area is 104 Å². The number of halogens is 1. The van der Waals surface area contributed by atoms with Gasteiger partial charge in [-0.3, -0.25) is 9.59 Å². The molecule has 0 aliphatic carbocycles. The molecule has 0 bridgehead atoms. The maximum atomic E-state index is 13.7. The zero-order chi connectivity index (χ0) is 13.9. The lowest BCUT2D eigenvalue weighted by atomic mass is 10.1. The van der Waals surface area contributed by atoms with E-state index >= 15 is 0 Å². The molecule has 0 aromatic heterocycles. The molecule has 1 atom stereocenters. The number of aliphatic carboxylic acids is 1. The molecule has 18 heavy (non-hydrogen) atoms. The van der Waals surface area contributed by atoms with E-state index in [0.717, 1.165) is 0 Å². The third kappa shape index (κ3) is 3.19. The van der Waals surface area contributed by atoms with Gasteiger partial charge in [0.2, 0.25) is 0 Å². The zero-order valence-electron chi connectivity index (χ0n) is 10.4. The van der Waals surface area contributed by atoms with Gasteiger partial charge in [-0.15, -0.1) is 0 Å². The molecule has 0 saturated carbocycles. The van der Waals surface area contributed by atoms with Crippen LogP contribution < -0.4 is 10.2 Å². The van der Waals surface area contributed by atoms with Gasteiger partial charge in [0, 0.05) is 19.8 Å². The molecule has 1 aromatic rings. The Morgan fingerprint density at radius 1 is 1.39 bits per heavy atom. The summed E-state index contributed by atoms with van der Waals surface area (Å²) in [6, 6.07) is 3.07. The first kappa shape index (κ1) is 14.0. The number of anilines is 1. The van der Waals surface area contributed by atoms with E-state index in [9.17, 15) is 14.0 Å². The highest BCUT2D eigenvalue weighted by molar-refractivity contribution is 5.97. The fraction of sp³-hybridized carbons (Fsp3) is 0.333. The maximum Gasteiger partial charge on any atom is 0.325 e. The van der Waals surface area contributed by atoms with Crippen molar-refractivity contribution in [3.63, 3.8) is 0 Å². The Hall–Kier alpha value is -2.11. The van der Waals surface area contributed by atoms with Crippen LogP contribution in [-0.2, 0) is 4.79 Å². The minimum atomic E-state index is -1.17. The number of carbonyl (C=O) groups excluding carboxylic acids is 1. The fourth-order valence-corrected chi connectivity index (χ4v) is 1.30. The van der Waals surface area contributed by atoms with Crippen molar-refractivity contribution in [2.75, 3.05) is 19.0 Å². The molecule has 0 saturated heterocycles. The first-order chi connectivity index (χ1) is 8.32. The number of benzene rings is 1. The third-order valence-electron chi connectivity index (χ3n) is 2.43. The average molecular weight is 254 g/mol. The quantitative estimate of drug-likeness (QED) is 0.844. The summed E-state index contributed by atoms with van der Waals surface area (Å²) < 4.78 is 13.7. The van der Waals surface area contributed by atoms with Gasteiger partial charge in [-0.2, -0.15) is 0 Å². The van der Waals surface area contributed by atoms with Crippen LogP contribution in [0.25, 0.3) is 0 Å². The van der Waals surface area contributed by atoms with Gasteiger partial charge in [0.25, 0.3) is 5.91 Å². The van der Waals surface area contributed by atoms with Gasteiger partial charge in [-0.05, 0) is 25.1 Å². The molecule has 0 fully saturated rings. The number of nitrogens with zero attached hydrogens (tertiary/aromatic N) is 1. The Bertz CT molecular complexity index is 474. The van der Waals surface area contributed by atoms with Crippen LogP contribution in [0.5, 0.6) is 0 Å². The molecular weight excluding hydrogens is 239 g/mol. The molecule has 1 amide bonds. The van der Waals surface area contributed by atoms with Crippen LogP contribution >= 0.6 is 0 Å². The summed E-state index contributed by atoms with van der Waals surface area (Å²) in [5.41, 5.74) is 0.448. The summed E-state index contributed by atoms with van der Waals surface area (Å²) >= 11 is 0. The van der Waals surface area contributed by atoms with Crippen LogP contribution in [-0.4, -0.2) is 37.1 Å². The monoisotopic (exact) mass is 254 g/mol. The first-order valence-electron chi connectivity index (χ1n) is 5.33. The van der Waals surface area contributed by atoms with E-state index in [1.807, 2.05) is 0 Å². The van der Waals surface area contributed by atoms with E-state index in [1.54, 1.807) is 25.1 Å². The van der Waals surface area contributed by atoms with E-state index in [1.165, 1.54) is 19.1 Å². The normalized spacial score (nSPS) is 11.8. The van der Waals surface area contributed by atoms with Crippen molar-refractivity contribution in [3.05, 3.63) is 29.6 Å². The van der Waals surface area contributed by atoms with Crippen molar-refractivity contribution in [2.24, 2.45) is 0 Å². The second kappa shape index (κ2) is 5.48.